The van der Waals surface area contributed by atoms with Crippen LogP contribution in [0.25, 0.3) is 11.0 Å². The Kier molecular flexibility index (Phi) is 1.70. The summed E-state index contributed by atoms with van der Waals surface area (Å²) in [6, 6.07) is 6.14. The van der Waals surface area contributed by atoms with Gasteiger partial charge in [0.15, 0.2) is 0 Å². The molecule has 0 unspecified atom stereocenters. The third kappa shape index (κ3) is 1.20. The zero-order chi connectivity index (χ0) is 10.3. The topological polar surface area (TPSA) is 54.7 Å². The molecular formula is C12H13N3. The summed E-state index contributed by atoms with van der Waals surface area (Å²) in [7, 11) is 0. The van der Waals surface area contributed by atoms with Crippen molar-refractivity contribution >= 4 is 11.0 Å². The molecule has 1 aromatic carbocycles. The zero-order valence-electron chi connectivity index (χ0n) is 8.40. The van der Waals surface area contributed by atoms with Gasteiger partial charge in [-0.15, -0.1) is 0 Å². The molecule has 1 heterocycles. The highest BCUT2D eigenvalue weighted by Crippen LogP contribution is 2.34. The maximum atomic E-state index is 6.39. The molecule has 1 aliphatic rings. The van der Waals surface area contributed by atoms with Gasteiger partial charge in [-0.05, 0) is 18.9 Å². The van der Waals surface area contributed by atoms with Gasteiger partial charge in [0.2, 0.25) is 0 Å². The number of nitrogens with zero attached hydrogens (tertiary/aromatic N) is 1. The monoisotopic (exact) mass is 199 g/mol. The van der Waals surface area contributed by atoms with Crippen molar-refractivity contribution in [3.8, 4) is 0 Å². The predicted octanol–water partition coefficient (Wildman–Crippen LogP) is 2.07. The maximum Gasteiger partial charge on any atom is 0.0933 e. The first-order valence-electron chi connectivity index (χ1n) is 5.16. The van der Waals surface area contributed by atoms with Crippen molar-refractivity contribution < 1.29 is 0 Å². The smallest absolute Gasteiger partial charge is 0.0933 e. The number of hydrogen-bond acceptors (Lipinski definition) is 2. The number of rotatable bonds is 1. The van der Waals surface area contributed by atoms with Gasteiger partial charge >= 0.3 is 0 Å². The van der Waals surface area contributed by atoms with Crippen LogP contribution in [0.2, 0.25) is 0 Å². The Morgan fingerprint density at radius 3 is 2.87 bits per heavy atom. The molecule has 0 radical (unpaired) electrons. The highest BCUT2D eigenvalue weighted by Gasteiger charge is 2.30. The Morgan fingerprint density at radius 2 is 2.07 bits per heavy atom. The van der Waals surface area contributed by atoms with E-state index >= 15 is 0 Å². The van der Waals surface area contributed by atoms with E-state index in [0.29, 0.717) is 0 Å². The molecule has 0 fully saturated rings. The predicted molar refractivity (Wildman–Crippen MR) is 60.3 cm³/mol. The maximum absolute atomic E-state index is 6.39. The van der Waals surface area contributed by atoms with Crippen molar-refractivity contribution in [2.45, 2.75) is 18.4 Å². The first-order valence-corrected chi connectivity index (χ1v) is 5.16. The molecule has 3 nitrogen and oxygen atoms in total. The Hall–Kier alpha value is -1.61. The second-order valence-corrected chi connectivity index (χ2v) is 4.14. The number of fused-ring (bicyclic) bond motifs is 1. The van der Waals surface area contributed by atoms with Gasteiger partial charge in [0, 0.05) is 5.56 Å². The van der Waals surface area contributed by atoms with E-state index < -0.39 is 0 Å². The molecule has 3 N–H and O–H groups in total. The van der Waals surface area contributed by atoms with Crippen molar-refractivity contribution in [2.24, 2.45) is 5.73 Å². The lowest BCUT2D eigenvalue weighted by Crippen LogP contribution is -2.33. The molecule has 0 saturated carbocycles. The van der Waals surface area contributed by atoms with E-state index in [2.05, 4.69) is 28.2 Å². The number of para-hydroxylation sites is 1. The van der Waals surface area contributed by atoms with Crippen LogP contribution in [0.15, 0.2) is 36.7 Å². The fraction of sp³-hybridized carbons (Fsp3) is 0.250. The normalized spacial score (nSPS) is 18.7. The van der Waals surface area contributed by atoms with Crippen LogP contribution in [0.1, 0.15) is 18.4 Å². The first kappa shape index (κ1) is 8.68. The number of nitrogens with two attached hydrogens (primary N) is 1. The molecule has 76 valence electrons. The number of imidazole rings is 1. The molecular weight excluding hydrogens is 186 g/mol. The van der Waals surface area contributed by atoms with Gasteiger partial charge in [0.05, 0.1) is 22.9 Å². The summed E-state index contributed by atoms with van der Waals surface area (Å²) < 4.78 is 0. The lowest BCUT2D eigenvalue weighted by molar-refractivity contribution is 0.484. The summed E-state index contributed by atoms with van der Waals surface area (Å²) in [6.07, 6.45) is 7.81. The molecule has 1 aliphatic carbocycles. The summed E-state index contributed by atoms with van der Waals surface area (Å²) in [6.45, 7) is 0. The van der Waals surface area contributed by atoms with E-state index in [1.807, 2.05) is 12.1 Å². The Balaban J connectivity index is 2.22. The van der Waals surface area contributed by atoms with Crippen LogP contribution >= 0.6 is 0 Å². The van der Waals surface area contributed by atoms with Gasteiger partial charge in [-0.3, -0.25) is 0 Å². The van der Waals surface area contributed by atoms with Crippen LogP contribution in [0.5, 0.6) is 0 Å². The van der Waals surface area contributed by atoms with Crippen molar-refractivity contribution in [1.29, 1.82) is 0 Å². The van der Waals surface area contributed by atoms with Crippen LogP contribution < -0.4 is 5.73 Å². The molecule has 0 amide bonds. The lowest BCUT2D eigenvalue weighted by Gasteiger charge is -2.24. The molecule has 15 heavy (non-hydrogen) atoms. The highest BCUT2D eigenvalue weighted by atomic mass is 14.9. The average Bonchev–Trinajstić information content (AvgIpc) is 2.85. The van der Waals surface area contributed by atoms with E-state index in [9.17, 15) is 0 Å². The molecule has 0 aliphatic heterocycles. The van der Waals surface area contributed by atoms with Crippen LogP contribution in [0.3, 0.4) is 0 Å². The molecule has 0 spiro atoms. The van der Waals surface area contributed by atoms with Gasteiger partial charge in [-0.1, -0.05) is 24.3 Å². The highest BCUT2D eigenvalue weighted by molar-refractivity contribution is 5.79. The Labute approximate surface area is 88.0 Å². The molecule has 3 heteroatoms. The van der Waals surface area contributed by atoms with E-state index in [-0.39, 0.29) is 5.54 Å². The molecule has 0 bridgehead atoms. The first-order chi connectivity index (χ1) is 7.30. The minimum Gasteiger partial charge on any atom is -0.345 e. The lowest BCUT2D eigenvalue weighted by atomic mass is 9.88. The van der Waals surface area contributed by atoms with E-state index in [1.165, 1.54) is 0 Å². The van der Waals surface area contributed by atoms with Gasteiger partial charge in [-0.2, -0.15) is 0 Å². The van der Waals surface area contributed by atoms with Gasteiger partial charge in [0.1, 0.15) is 0 Å². The van der Waals surface area contributed by atoms with E-state index in [0.717, 1.165) is 29.4 Å². The van der Waals surface area contributed by atoms with Crippen molar-refractivity contribution in [3.63, 3.8) is 0 Å². The standard InChI is InChI=1S/C12H13N3/c13-12(6-1-2-7-12)9-4-3-5-10-11(9)15-8-14-10/h1-5,8H,6-7,13H2,(H,14,15). The second-order valence-electron chi connectivity index (χ2n) is 4.14. The van der Waals surface area contributed by atoms with E-state index in [1.54, 1.807) is 6.33 Å². The summed E-state index contributed by atoms with van der Waals surface area (Å²) in [5, 5.41) is 0. The molecule has 3 rings (SSSR count). The molecule has 1 aromatic heterocycles. The van der Waals surface area contributed by atoms with Gasteiger partial charge in [-0.25, -0.2) is 4.98 Å². The largest absolute Gasteiger partial charge is 0.345 e. The summed E-state index contributed by atoms with van der Waals surface area (Å²) in [5.74, 6) is 0. The Morgan fingerprint density at radius 1 is 1.27 bits per heavy atom. The van der Waals surface area contributed by atoms with Gasteiger partial charge in [0.25, 0.3) is 0 Å². The number of aromatic amines is 1. The molecule has 2 aromatic rings. The Bertz CT molecular complexity index is 516. The number of H-pyrrole nitrogens is 1. The van der Waals surface area contributed by atoms with Crippen molar-refractivity contribution in [1.82, 2.24) is 9.97 Å². The summed E-state index contributed by atoms with van der Waals surface area (Å²) >= 11 is 0. The SMILES string of the molecule is NC1(c2cccc3[nH]cnc23)CC=CC1. The van der Waals surface area contributed by atoms with Gasteiger partial charge < -0.3 is 10.7 Å². The summed E-state index contributed by atoms with van der Waals surface area (Å²) in [4.78, 5) is 7.46. The number of aromatic nitrogens is 2. The van der Waals surface area contributed by atoms with Crippen LogP contribution in [0.4, 0.5) is 0 Å². The number of hydrogen-bond donors (Lipinski definition) is 2. The average molecular weight is 199 g/mol. The minimum atomic E-state index is -0.255. The van der Waals surface area contributed by atoms with Crippen LogP contribution in [0, 0.1) is 0 Å². The second kappa shape index (κ2) is 2.94. The summed E-state index contributed by atoms with van der Waals surface area (Å²) in [5.41, 5.74) is 9.34. The fourth-order valence-corrected chi connectivity index (χ4v) is 2.26. The van der Waals surface area contributed by atoms with Crippen LogP contribution in [-0.4, -0.2) is 9.97 Å². The third-order valence-corrected chi connectivity index (χ3v) is 3.12. The van der Waals surface area contributed by atoms with E-state index in [4.69, 9.17) is 5.73 Å². The minimum absolute atomic E-state index is 0.255. The zero-order valence-corrected chi connectivity index (χ0v) is 8.40. The molecule has 0 saturated heterocycles. The molecule has 0 atom stereocenters. The number of nitrogens with one attached hydrogen (secondary N) is 1. The number of benzene rings is 1. The fourth-order valence-electron chi connectivity index (χ4n) is 2.26. The van der Waals surface area contributed by atoms with Crippen LogP contribution in [-0.2, 0) is 5.54 Å². The van der Waals surface area contributed by atoms with Crippen molar-refractivity contribution in [2.75, 3.05) is 0 Å². The van der Waals surface area contributed by atoms with Crippen molar-refractivity contribution in [3.05, 3.63) is 42.2 Å². The quantitative estimate of drug-likeness (QED) is 0.691. The third-order valence-electron chi connectivity index (χ3n) is 3.12.